The maximum Gasteiger partial charge on any atom is 0.260 e. The predicted molar refractivity (Wildman–Crippen MR) is 136 cm³/mol. The molecule has 2 aromatic heterocycles. The zero-order valence-corrected chi connectivity index (χ0v) is 20.1. The van der Waals surface area contributed by atoms with E-state index in [1.807, 2.05) is 30.8 Å². The topological polar surface area (TPSA) is 125 Å². The van der Waals surface area contributed by atoms with Crippen molar-refractivity contribution in [2.45, 2.75) is 19.9 Å². The van der Waals surface area contributed by atoms with Crippen molar-refractivity contribution in [3.05, 3.63) is 63.6 Å². The first-order valence-corrected chi connectivity index (χ1v) is 10.7. The van der Waals surface area contributed by atoms with Gasteiger partial charge in [0, 0.05) is 32.0 Å². The summed E-state index contributed by atoms with van der Waals surface area (Å²) in [4.78, 5) is 29.6. The van der Waals surface area contributed by atoms with Crippen molar-refractivity contribution in [2.75, 3.05) is 26.4 Å². The van der Waals surface area contributed by atoms with Gasteiger partial charge in [-0.2, -0.15) is 5.10 Å². The highest BCUT2D eigenvalue weighted by Crippen LogP contribution is 2.23. The number of nitrogens with zero attached hydrogens (tertiary/aromatic N) is 5. The summed E-state index contributed by atoms with van der Waals surface area (Å²) in [7, 11) is 5.63. The summed E-state index contributed by atoms with van der Waals surface area (Å²) in [5.74, 6) is -0.238. The largest absolute Gasteiger partial charge is 0.381 e. The third kappa shape index (κ3) is 6.09. The molecule has 4 N–H and O–H groups in total. The number of allylic oxidation sites excluding steroid dienone is 1. The van der Waals surface area contributed by atoms with Gasteiger partial charge in [-0.15, -0.1) is 0 Å². The molecule has 3 aromatic rings. The molecule has 9 nitrogen and oxygen atoms in total. The van der Waals surface area contributed by atoms with Gasteiger partial charge in [0.05, 0.1) is 10.4 Å². The lowest BCUT2D eigenvalue weighted by molar-refractivity contribution is 0.100. The Hall–Kier alpha value is -3.43. The summed E-state index contributed by atoms with van der Waals surface area (Å²) >= 11 is 6.17. The van der Waals surface area contributed by atoms with Crippen LogP contribution in [-0.4, -0.2) is 52.0 Å². The van der Waals surface area contributed by atoms with E-state index in [-0.39, 0.29) is 16.9 Å². The zero-order chi connectivity index (χ0) is 24.7. The number of halogens is 1. The summed E-state index contributed by atoms with van der Waals surface area (Å²) < 4.78 is 3.23. The van der Waals surface area contributed by atoms with Crippen molar-refractivity contribution in [1.82, 2.24) is 19.2 Å². The molecule has 0 saturated carbocycles. The second-order valence-corrected chi connectivity index (χ2v) is 7.95. The van der Waals surface area contributed by atoms with Gasteiger partial charge in [-0.05, 0) is 38.0 Å². The van der Waals surface area contributed by atoms with E-state index in [1.165, 1.54) is 17.0 Å². The average Bonchev–Trinajstić information content (AvgIpc) is 3.04. The standard InChI is InChI=1S/C15H19ClN2O.C8H11N5O/c1-4-12-10-11-6-5-7-13(16)14(11)15(19)18(12)9-8-17(2)3;1-3-4-11-8-5(7(10)14)6(9)12-13(8)2/h5-7,10H,4,8-9H2,1-3H3;3-4H,1H2,2H3,(H2,9,12)(H2,10,14)/b;11-4-. The van der Waals surface area contributed by atoms with Crippen LogP contribution in [0.3, 0.4) is 0 Å². The molecule has 2 heterocycles. The van der Waals surface area contributed by atoms with Gasteiger partial charge in [0.15, 0.2) is 11.6 Å². The van der Waals surface area contributed by atoms with E-state index >= 15 is 0 Å². The Kier molecular flexibility index (Phi) is 8.95. The number of nitrogen functional groups attached to an aromatic ring is 1. The first-order valence-electron chi connectivity index (χ1n) is 10.3. The average molecular weight is 472 g/mol. The molecule has 10 heteroatoms. The number of benzene rings is 1. The fraction of sp³-hybridized carbons (Fsp3) is 0.304. The number of likely N-dealkylation sites (N-methyl/N-ethyl adjacent to an activating group) is 1. The van der Waals surface area contributed by atoms with Gasteiger partial charge in [0.25, 0.3) is 11.5 Å². The summed E-state index contributed by atoms with van der Waals surface area (Å²) in [5.41, 5.74) is 11.8. The Morgan fingerprint density at radius 1 is 1.36 bits per heavy atom. The fourth-order valence-electron chi connectivity index (χ4n) is 3.29. The lowest BCUT2D eigenvalue weighted by Crippen LogP contribution is -2.29. The van der Waals surface area contributed by atoms with Crippen LogP contribution in [0.4, 0.5) is 11.6 Å². The van der Waals surface area contributed by atoms with E-state index in [4.69, 9.17) is 23.1 Å². The van der Waals surface area contributed by atoms with E-state index < -0.39 is 5.91 Å². The number of primary amides is 1. The van der Waals surface area contributed by atoms with E-state index in [0.29, 0.717) is 22.8 Å². The maximum atomic E-state index is 12.6. The predicted octanol–water partition coefficient (Wildman–Crippen LogP) is 2.77. The number of aliphatic imine (C=N–C) groups is 1. The van der Waals surface area contributed by atoms with Crippen molar-refractivity contribution in [3.8, 4) is 0 Å². The summed E-state index contributed by atoms with van der Waals surface area (Å²) in [5, 5.41) is 5.91. The Morgan fingerprint density at radius 3 is 2.64 bits per heavy atom. The van der Waals surface area contributed by atoms with Crippen LogP contribution in [0.15, 0.2) is 46.7 Å². The Morgan fingerprint density at radius 2 is 2.06 bits per heavy atom. The Bertz CT molecular complexity index is 1240. The van der Waals surface area contributed by atoms with Gasteiger partial charge >= 0.3 is 0 Å². The number of carbonyl (C=O) groups is 1. The van der Waals surface area contributed by atoms with Crippen molar-refractivity contribution < 1.29 is 4.79 Å². The number of hydrogen-bond acceptors (Lipinski definition) is 6. The second kappa shape index (κ2) is 11.4. The van der Waals surface area contributed by atoms with Crippen LogP contribution in [0.2, 0.25) is 5.02 Å². The SMILES string of the molecule is C=C/C=N\c1c(C(N)=O)c(N)nn1C.CCc1cc2cccc(Cl)c2c(=O)n1CCN(C)C. The Labute approximate surface area is 197 Å². The Balaban J connectivity index is 0.000000245. The van der Waals surface area contributed by atoms with E-state index in [2.05, 4.69) is 34.6 Å². The van der Waals surface area contributed by atoms with E-state index in [9.17, 15) is 9.59 Å². The molecule has 0 saturated heterocycles. The number of fused-ring (bicyclic) bond motifs is 1. The fourth-order valence-corrected chi connectivity index (χ4v) is 3.55. The number of aromatic nitrogens is 3. The van der Waals surface area contributed by atoms with Crippen molar-refractivity contribution in [1.29, 1.82) is 0 Å². The number of anilines is 1. The third-order valence-corrected chi connectivity index (χ3v) is 5.21. The number of pyridine rings is 1. The zero-order valence-electron chi connectivity index (χ0n) is 19.4. The molecule has 1 aromatic carbocycles. The molecule has 0 aliphatic carbocycles. The normalized spacial score (nSPS) is 11.1. The van der Waals surface area contributed by atoms with Crippen LogP contribution in [0.25, 0.3) is 10.8 Å². The van der Waals surface area contributed by atoms with Gasteiger partial charge in [-0.25, -0.2) is 9.67 Å². The number of carbonyl (C=O) groups excluding carboxylic acids is 1. The molecule has 0 bridgehead atoms. The molecule has 0 aliphatic rings. The van der Waals surface area contributed by atoms with Crippen molar-refractivity contribution >= 4 is 46.1 Å². The summed E-state index contributed by atoms with van der Waals surface area (Å²) in [6.07, 6.45) is 3.75. The van der Waals surface area contributed by atoms with E-state index in [1.54, 1.807) is 13.1 Å². The molecule has 0 unspecified atom stereocenters. The molecule has 0 atom stereocenters. The third-order valence-electron chi connectivity index (χ3n) is 4.90. The molecule has 0 fully saturated rings. The minimum atomic E-state index is -0.646. The van der Waals surface area contributed by atoms with Crippen LogP contribution in [-0.2, 0) is 20.0 Å². The number of nitrogens with two attached hydrogens (primary N) is 2. The van der Waals surface area contributed by atoms with Gasteiger partial charge in [-0.3, -0.25) is 9.59 Å². The van der Waals surface area contributed by atoms with E-state index in [0.717, 1.165) is 24.0 Å². The van der Waals surface area contributed by atoms with Crippen LogP contribution in [0, 0.1) is 0 Å². The van der Waals surface area contributed by atoms with Crippen molar-refractivity contribution in [3.63, 3.8) is 0 Å². The minimum Gasteiger partial charge on any atom is -0.381 e. The number of aryl methyl sites for hydroxylation is 2. The van der Waals surface area contributed by atoms with Gasteiger partial charge < -0.3 is 20.9 Å². The van der Waals surface area contributed by atoms with Crippen LogP contribution >= 0.6 is 11.6 Å². The molecule has 1 amide bonds. The monoisotopic (exact) mass is 471 g/mol. The summed E-state index contributed by atoms with van der Waals surface area (Å²) in [6.45, 7) is 7.05. The van der Waals surface area contributed by atoms with Crippen molar-refractivity contribution in [2.24, 2.45) is 17.8 Å². The second-order valence-electron chi connectivity index (χ2n) is 7.54. The molecular weight excluding hydrogens is 442 g/mol. The molecule has 3 rings (SSSR count). The highest BCUT2D eigenvalue weighted by Gasteiger charge is 2.17. The van der Waals surface area contributed by atoms with Gasteiger partial charge in [0.1, 0.15) is 5.56 Å². The number of amides is 1. The van der Waals surface area contributed by atoms with Crippen LogP contribution in [0.1, 0.15) is 23.0 Å². The van der Waals surface area contributed by atoms with Gasteiger partial charge in [0.2, 0.25) is 0 Å². The van der Waals surface area contributed by atoms with Crippen LogP contribution < -0.4 is 17.0 Å². The molecule has 0 spiro atoms. The number of hydrogen-bond donors (Lipinski definition) is 2. The number of rotatable bonds is 7. The first kappa shape index (κ1) is 25.8. The smallest absolute Gasteiger partial charge is 0.260 e. The highest BCUT2D eigenvalue weighted by atomic mass is 35.5. The first-order chi connectivity index (χ1) is 15.6. The maximum absolute atomic E-state index is 12.6. The molecule has 176 valence electrons. The molecule has 33 heavy (non-hydrogen) atoms. The van der Waals surface area contributed by atoms with Gasteiger partial charge in [-0.1, -0.05) is 43.3 Å². The van der Waals surface area contributed by atoms with Crippen LogP contribution in [0.5, 0.6) is 0 Å². The summed E-state index contributed by atoms with van der Waals surface area (Å²) in [6, 6.07) is 7.66. The molecule has 0 radical (unpaired) electrons. The molecular formula is C23H30ClN7O2. The highest BCUT2D eigenvalue weighted by molar-refractivity contribution is 6.35. The minimum absolute atomic E-state index is 0.0156. The lowest BCUT2D eigenvalue weighted by atomic mass is 10.1. The quantitative estimate of drug-likeness (QED) is 0.512. The molecule has 0 aliphatic heterocycles. The lowest BCUT2D eigenvalue weighted by Gasteiger charge is -2.16.